The summed E-state index contributed by atoms with van der Waals surface area (Å²) in [5.74, 6) is 0.495. The molecule has 0 atom stereocenters. The van der Waals surface area contributed by atoms with Crippen LogP contribution in [0.4, 0.5) is 11.4 Å². The average molecular weight is 356 g/mol. The molecule has 0 aliphatic heterocycles. The molecule has 6 heteroatoms. The molecule has 2 aromatic rings. The maximum Gasteiger partial charge on any atom is 0.233 e. The van der Waals surface area contributed by atoms with Gasteiger partial charge in [0.15, 0.2) is 0 Å². The Bertz CT molecular complexity index is 742. The van der Waals surface area contributed by atoms with Crippen molar-refractivity contribution < 1.29 is 19.1 Å². The molecule has 0 saturated heterocycles. The Morgan fingerprint density at radius 1 is 0.962 bits per heavy atom. The topological polar surface area (TPSA) is 76.7 Å². The Morgan fingerprint density at radius 2 is 1.62 bits per heavy atom. The second-order valence-electron chi connectivity index (χ2n) is 5.89. The average Bonchev–Trinajstić information content (AvgIpc) is 2.58. The van der Waals surface area contributed by atoms with E-state index in [0.717, 1.165) is 5.75 Å². The summed E-state index contributed by atoms with van der Waals surface area (Å²) in [6.45, 7) is 6.29. The standard InChI is InChI=1S/C20H24N2O4/c1-4-25-16-11-9-15(10-12-16)21-19(23)13-20(24)22-17-7-5-6-8-18(17)26-14(2)3/h5-12,14H,4,13H2,1-3H3,(H,21,23)(H,22,24). The summed E-state index contributed by atoms with van der Waals surface area (Å²) < 4.78 is 11.0. The highest BCUT2D eigenvalue weighted by Gasteiger charge is 2.13. The van der Waals surface area contributed by atoms with E-state index in [0.29, 0.717) is 23.7 Å². The first-order valence-corrected chi connectivity index (χ1v) is 8.56. The number of carbonyl (C=O) groups excluding carboxylic acids is 2. The molecule has 6 nitrogen and oxygen atoms in total. The molecule has 0 aliphatic rings. The van der Waals surface area contributed by atoms with Crippen LogP contribution in [-0.4, -0.2) is 24.5 Å². The molecule has 0 spiro atoms. The molecule has 0 heterocycles. The van der Waals surface area contributed by atoms with Crippen LogP contribution in [0.2, 0.25) is 0 Å². The number of hydrogen-bond acceptors (Lipinski definition) is 4. The minimum atomic E-state index is -0.409. The summed E-state index contributed by atoms with van der Waals surface area (Å²) in [6.07, 6.45) is -0.306. The number of hydrogen-bond donors (Lipinski definition) is 2. The number of rotatable bonds is 8. The summed E-state index contributed by atoms with van der Waals surface area (Å²) in [5, 5.41) is 5.40. The normalized spacial score (nSPS) is 10.3. The SMILES string of the molecule is CCOc1ccc(NC(=O)CC(=O)Nc2ccccc2OC(C)C)cc1. The van der Waals surface area contributed by atoms with E-state index in [-0.39, 0.29) is 12.5 Å². The largest absolute Gasteiger partial charge is 0.494 e. The third kappa shape index (κ3) is 6.12. The van der Waals surface area contributed by atoms with Gasteiger partial charge in [-0.25, -0.2) is 0 Å². The Labute approximate surface area is 153 Å². The number of para-hydroxylation sites is 2. The fourth-order valence-corrected chi connectivity index (χ4v) is 2.27. The van der Waals surface area contributed by atoms with Crippen molar-refractivity contribution in [2.75, 3.05) is 17.2 Å². The highest BCUT2D eigenvalue weighted by atomic mass is 16.5. The van der Waals surface area contributed by atoms with E-state index in [1.807, 2.05) is 26.8 Å². The Kier molecular flexibility index (Phi) is 7.02. The second-order valence-corrected chi connectivity index (χ2v) is 5.89. The summed E-state index contributed by atoms with van der Waals surface area (Å²) >= 11 is 0. The zero-order chi connectivity index (χ0) is 18.9. The van der Waals surface area contributed by atoms with Crippen molar-refractivity contribution in [3.63, 3.8) is 0 Å². The highest BCUT2D eigenvalue weighted by molar-refractivity contribution is 6.08. The first-order chi connectivity index (χ1) is 12.5. The summed E-state index contributed by atoms with van der Waals surface area (Å²) in [4.78, 5) is 24.2. The summed E-state index contributed by atoms with van der Waals surface area (Å²) in [7, 11) is 0. The molecular weight excluding hydrogens is 332 g/mol. The monoisotopic (exact) mass is 356 g/mol. The molecule has 0 aliphatic carbocycles. The maximum absolute atomic E-state index is 12.1. The number of amides is 2. The van der Waals surface area contributed by atoms with Gasteiger partial charge in [-0.1, -0.05) is 12.1 Å². The van der Waals surface area contributed by atoms with Crippen molar-refractivity contribution in [2.45, 2.75) is 33.3 Å². The molecule has 2 N–H and O–H groups in total. The first-order valence-electron chi connectivity index (χ1n) is 8.56. The minimum absolute atomic E-state index is 0.0176. The molecule has 2 aromatic carbocycles. The van der Waals surface area contributed by atoms with Gasteiger partial charge in [-0.3, -0.25) is 9.59 Å². The molecule has 2 amide bonds. The minimum Gasteiger partial charge on any atom is -0.494 e. The van der Waals surface area contributed by atoms with Crippen LogP contribution in [0.3, 0.4) is 0 Å². The van der Waals surface area contributed by atoms with Crippen LogP contribution < -0.4 is 20.1 Å². The molecule has 138 valence electrons. The zero-order valence-corrected chi connectivity index (χ0v) is 15.2. The molecular formula is C20H24N2O4. The van der Waals surface area contributed by atoms with E-state index in [4.69, 9.17) is 9.47 Å². The molecule has 2 rings (SSSR count). The molecule has 26 heavy (non-hydrogen) atoms. The van der Waals surface area contributed by atoms with E-state index in [1.54, 1.807) is 42.5 Å². The quantitative estimate of drug-likeness (QED) is 0.705. The van der Waals surface area contributed by atoms with Crippen molar-refractivity contribution >= 4 is 23.2 Å². The molecule has 0 bridgehead atoms. The number of benzene rings is 2. The van der Waals surface area contributed by atoms with Crippen molar-refractivity contribution in [2.24, 2.45) is 0 Å². The fourth-order valence-electron chi connectivity index (χ4n) is 2.27. The third-order valence-electron chi connectivity index (χ3n) is 3.29. The van der Waals surface area contributed by atoms with Crippen molar-refractivity contribution in [1.82, 2.24) is 0 Å². The lowest BCUT2D eigenvalue weighted by molar-refractivity contribution is -0.123. The third-order valence-corrected chi connectivity index (χ3v) is 3.29. The van der Waals surface area contributed by atoms with Gasteiger partial charge in [0.1, 0.15) is 17.9 Å². The number of carbonyl (C=O) groups is 2. The van der Waals surface area contributed by atoms with E-state index in [1.165, 1.54) is 0 Å². The van der Waals surface area contributed by atoms with Crippen LogP contribution in [-0.2, 0) is 9.59 Å². The van der Waals surface area contributed by atoms with Crippen LogP contribution >= 0.6 is 0 Å². The summed E-state index contributed by atoms with van der Waals surface area (Å²) in [5.41, 5.74) is 1.15. The van der Waals surface area contributed by atoms with E-state index >= 15 is 0 Å². The second kappa shape index (κ2) is 9.46. The van der Waals surface area contributed by atoms with Gasteiger partial charge in [0.25, 0.3) is 0 Å². The fraction of sp³-hybridized carbons (Fsp3) is 0.300. The molecule has 0 fully saturated rings. The Balaban J connectivity index is 1.90. The van der Waals surface area contributed by atoms with Gasteiger partial charge in [-0.05, 0) is 57.2 Å². The lowest BCUT2D eigenvalue weighted by Gasteiger charge is -2.14. The molecule has 0 radical (unpaired) electrons. The van der Waals surface area contributed by atoms with Crippen molar-refractivity contribution in [1.29, 1.82) is 0 Å². The number of nitrogens with one attached hydrogen (secondary N) is 2. The predicted octanol–water partition coefficient (Wildman–Crippen LogP) is 3.84. The smallest absolute Gasteiger partial charge is 0.233 e. The van der Waals surface area contributed by atoms with Crippen LogP contribution in [0.1, 0.15) is 27.2 Å². The van der Waals surface area contributed by atoms with Gasteiger partial charge in [-0.15, -0.1) is 0 Å². The predicted molar refractivity (Wildman–Crippen MR) is 102 cm³/mol. The molecule has 0 unspecified atom stereocenters. The van der Waals surface area contributed by atoms with Crippen molar-refractivity contribution in [3.8, 4) is 11.5 Å². The zero-order valence-electron chi connectivity index (χ0n) is 15.2. The van der Waals surface area contributed by atoms with E-state index in [9.17, 15) is 9.59 Å². The van der Waals surface area contributed by atoms with Gasteiger partial charge < -0.3 is 20.1 Å². The summed E-state index contributed by atoms with van der Waals surface area (Å²) in [6, 6.07) is 14.1. The van der Waals surface area contributed by atoms with Crippen LogP contribution in [0.25, 0.3) is 0 Å². The van der Waals surface area contributed by atoms with Gasteiger partial charge in [0.05, 0.1) is 18.4 Å². The Hall–Kier alpha value is -3.02. The molecule has 0 aromatic heterocycles. The Morgan fingerprint density at radius 3 is 2.27 bits per heavy atom. The number of ether oxygens (including phenoxy) is 2. The highest BCUT2D eigenvalue weighted by Crippen LogP contribution is 2.25. The van der Waals surface area contributed by atoms with E-state index in [2.05, 4.69) is 10.6 Å². The van der Waals surface area contributed by atoms with Gasteiger partial charge >= 0.3 is 0 Å². The first kappa shape index (κ1) is 19.3. The number of anilines is 2. The lowest BCUT2D eigenvalue weighted by Crippen LogP contribution is -2.22. The van der Waals surface area contributed by atoms with Gasteiger partial charge in [-0.2, -0.15) is 0 Å². The van der Waals surface area contributed by atoms with Crippen LogP contribution in [0, 0.1) is 0 Å². The van der Waals surface area contributed by atoms with Gasteiger partial charge in [0, 0.05) is 5.69 Å². The molecule has 0 saturated carbocycles. The van der Waals surface area contributed by atoms with Crippen molar-refractivity contribution in [3.05, 3.63) is 48.5 Å². The van der Waals surface area contributed by atoms with Crippen LogP contribution in [0.15, 0.2) is 48.5 Å². The lowest BCUT2D eigenvalue weighted by atomic mass is 10.2. The maximum atomic E-state index is 12.1. The van der Waals surface area contributed by atoms with Crippen LogP contribution in [0.5, 0.6) is 11.5 Å². The van der Waals surface area contributed by atoms with Gasteiger partial charge in [0.2, 0.25) is 11.8 Å². The van der Waals surface area contributed by atoms with E-state index < -0.39 is 11.8 Å².